The smallest absolute Gasteiger partial charge is 0.351 e. The van der Waals surface area contributed by atoms with Crippen molar-refractivity contribution in [3.63, 3.8) is 0 Å². The highest BCUT2D eigenvalue weighted by atomic mass is 28.4. The summed E-state index contributed by atoms with van der Waals surface area (Å²) in [5, 5.41) is 0. The van der Waals surface area contributed by atoms with Crippen LogP contribution >= 0.6 is 0 Å². The fraction of sp³-hybridized carbons (Fsp3) is 1.00. The number of rotatable bonds is 6. The number of alkyl halides is 6. The molecule has 0 aromatic carbocycles. The standard InChI is InChI=1S/C10H21F6NSi2/c1-17(18(2)3)19(4,7-5-9(11,12)13)8-6-10(14,15)16/h18H,5-8H2,1-4H3. The summed E-state index contributed by atoms with van der Waals surface area (Å²) >= 11 is 0. The lowest BCUT2D eigenvalue weighted by molar-refractivity contribution is -0.131. The predicted molar refractivity (Wildman–Crippen MR) is 69.2 cm³/mol. The Morgan fingerprint density at radius 2 is 1.21 bits per heavy atom. The molecule has 0 radical (unpaired) electrons. The number of hydrogen-bond donors (Lipinski definition) is 0. The van der Waals surface area contributed by atoms with Crippen molar-refractivity contribution in [1.82, 2.24) is 4.23 Å². The monoisotopic (exact) mass is 325 g/mol. The van der Waals surface area contributed by atoms with Crippen LogP contribution in [0, 0.1) is 0 Å². The third-order valence-corrected chi connectivity index (χ3v) is 12.8. The Hall–Kier alpha value is -0.0262. The first-order chi connectivity index (χ1) is 8.27. The highest BCUT2D eigenvalue weighted by Gasteiger charge is 2.41. The lowest BCUT2D eigenvalue weighted by atomic mass is 10.5. The van der Waals surface area contributed by atoms with Crippen molar-refractivity contribution in [1.29, 1.82) is 0 Å². The summed E-state index contributed by atoms with van der Waals surface area (Å²) in [7, 11) is -2.39. The summed E-state index contributed by atoms with van der Waals surface area (Å²) in [6.45, 7) is 5.48. The zero-order chi connectivity index (χ0) is 15.5. The SMILES string of the molecule is CN([SiH](C)C)[Si](C)(CCC(F)(F)F)CCC(F)(F)F. The van der Waals surface area contributed by atoms with Crippen molar-refractivity contribution < 1.29 is 26.3 Å². The van der Waals surface area contributed by atoms with Gasteiger partial charge in [-0.15, -0.1) is 0 Å². The van der Waals surface area contributed by atoms with Gasteiger partial charge in [0.05, 0.1) is 8.96 Å². The molecule has 0 atom stereocenters. The third kappa shape index (κ3) is 7.98. The van der Waals surface area contributed by atoms with Gasteiger partial charge in [-0.25, -0.2) is 0 Å². The fourth-order valence-electron chi connectivity index (χ4n) is 1.92. The molecule has 0 spiro atoms. The molecule has 0 saturated carbocycles. The van der Waals surface area contributed by atoms with Gasteiger partial charge in [-0.3, -0.25) is 0 Å². The molecule has 0 unspecified atom stereocenters. The largest absolute Gasteiger partial charge is 0.388 e. The summed E-state index contributed by atoms with van der Waals surface area (Å²) in [5.74, 6) is 0. The highest BCUT2D eigenvalue weighted by molar-refractivity contribution is 6.84. The van der Waals surface area contributed by atoms with Crippen LogP contribution in [-0.2, 0) is 0 Å². The van der Waals surface area contributed by atoms with E-state index in [1.807, 2.05) is 17.3 Å². The summed E-state index contributed by atoms with van der Waals surface area (Å²) in [5.41, 5.74) is 0. The fourth-order valence-corrected chi connectivity index (χ4v) is 10.3. The summed E-state index contributed by atoms with van der Waals surface area (Å²) in [6, 6.07) is -0.317. The van der Waals surface area contributed by atoms with Crippen LogP contribution in [0.5, 0.6) is 0 Å². The van der Waals surface area contributed by atoms with Crippen molar-refractivity contribution in [2.45, 2.75) is 56.9 Å². The summed E-state index contributed by atoms with van der Waals surface area (Å²) < 4.78 is 75.8. The molecule has 0 rings (SSSR count). The molecule has 0 N–H and O–H groups in total. The van der Waals surface area contributed by atoms with Crippen LogP contribution in [0.25, 0.3) is 0 Å². The highest BCUT2D eigenvalue weighted by Crippen LogP contribution is 2.34. The zero-order valence-electron chi connectivity index (χ0n) is 11.6. The Balaban J connectivity index is 4.82. The van der Waals surface area contributed by atoms with Gasteiger partial charge in [-0.2, -0.15) is 26.3 Å². The molecule has 0 aromatic rings. The van der Waals surface area contributed by atoms with E-state index in [2.05, 4.69) is 0 Å². The lowest BCUT2D eigenvalue weighted by Gasteiger charge is -2.40. The van der Waals surface area contributed by atoms with E-state index < -0.39 is 42.4 Å². The van der Waals surface area contributed by atoms with E-state index in [4.69, 9.17) is 0 Å². The second-order valence-electron chi connectivity index (χ2n) is 5.43. The molecular weight excluding hydrogens is 304 g/mol. The molecule has 0 aliphatic heterocycles. The molecule has 116 valence electrons. The second-order valence-corrected chi connectivity index (χ2v) is 13.6. The topological polar surface area (TPSA) is 3.24 Å². The van der Waals surface area contributed by atoms with Crippen LogP contribution in [0.2, 0.25) is 31.7 Å². The van der Waals surface area contributed by atoms with E-state index >= 15 is 0 Å². The van der Waals surface area contributed by atoms with Gasteiger partial charge in [-0.1, -0.05) is 19.6 Å². The summed E-state index contributed by atoms with van der Waals surface area (Å²) in [4.78, 5) is 0. The van der Waals surface area contributed by atoms with E-state index in [0.717, 1.165) is 0 Å². The van der Waals surface area contributed by atoms with Gasteiger partial charge < -0.3 is 4.23 Å². The molecule has 0 fully saturated rings. The van der Waals surface area contributed by atoms with Crippen LogP contribution < -0.4 is 0 Å². The Kier molecular flexibility index (Phi) is 6.61. The Morgan fingerprint density at radius 1 is 0.895 bits per heavy atom. The average molecular weight is 325 g/mol. The number of halogens is 6. The van der Waals surface area contributed by atoms with Crippen molar-refractivity contribution in [3.05, 3.63) is 0 Å². The lowest BCUT2D eigenvalue weighted by Crippen LogP contribution is -2.54. The molecule has 0 amide bonds. The molecule has 0 heterocycles. The maximum atomic E-state index is 12.3. The molecule has 0 bridgehead atoms. The minimum absolute atomic E-state index is 0.158. The summed E-state index contributed by atoms with van der Waals surface area (Å²) in [6.07, 6.45) is -10.6. The van der Waals surface area contributed by atoms with Crippen molar-refractivity contribution >= 4 is 17.2 Å². The van der Waals surface area contributed by atoms with E-state index in [1.165, 1.54) is 0 Å². The zero-order valence-corrected chi connectivity index (χ0v) is 13.8. The minimum Gasteiger partial charge on any atom is -0.351 e. The Morgan fingerprint density at radius 3 is 1.42 bits per heavy atom. The van der Waals surface area contributed by atoms with Crippen molar-refractivity contribution in [3.8, 4) is 0 Å². The minimum atomic E-state index is -4.30. The van der Waals surface area contributed by atoms with E-state index in [9.17, 15) is 26.3 Å². The van der Waals surface area contributed by atoms with Crippen LogP contribution in [0.1, 0.15) is 12.8 Å². The molecule has 19 heavy (non-hydrogen) atoms. The third-order valence-electron chi connectivity index (χ3n) is 3.52. The van der Waals surface area contributed by atoms with Gasteiger partial charge in [0.25, 0.3) is 0 Å². The van der Waals surface area contributed by atoms with E-state index in [-0.39, 0.29) is 12.1 Å². The van der Waals surface area contributed by atoms with Gasteiger partial charge in [0, 0.05) is 12.8 Å². The van der Waals surface area contributed by atoms with Crippen molar-refractivity contribution in [2.24, 2.45) is 0 Å². The first-order valence-electron chi connectivity index (χ1n) is 6.13. The number of nitrogens with zero attached hydrogens (tertiary/aromatic N) is 1. The van der Waals surface area contributed by atoms with Crippen LogP contribution in [0.15, 0.2) is 0 Å². The Bertz CT molecular complexity index is 258. The van der Waals surface area contributed by atoms with Gasteiger partial charge in [-0.05, 0) is 19.1 Å². The van der Waals surface area contributed by atoms with Crippen molar-refractivity contribution in [2.75, 3.05) is 7.05 Å². The second kappa shape index (κ2) is 6.62. The predicted octanol–water partition coefficient (Wildman–Crippen LogP) is 4.38. The van der Waals surface area contributed by atoms with Gasteiger partial charge in [0.1, 0.15) is 8.24 Å². The first-order valence-corrected chi connectivity index (χ1v) is 11.8. The molecule has 0 saturated heterocycles. The van der Waals surface area contributed by atoms with Gasteiger partial charge >= 0.3 is 12.4 Å². The quantitative estimate of drug-likeness (QED) is 0.517. The number of hydrogen-bond acceptors (Lipinski definition) is 1. The molecule has 0 aromatic heterocycles. The van der Waals surface area contributed by atoms with Gasteiger partial charge in [0.15, 0.2) is 0 Å². The maximum Gasteiger partial charge on any atom is 0.388 e. The van der Waals surface area contributed by atoms with Crippen LogP contribution in [0.3, 0.4) is 0 Å². The molecule has 9 heteroatoms. The molecule has 0 aliphatic rings. The Labute approximate surface area is 112 Å². The van der Waals surface area contributed by atoms with E-state index in [0.29, 0.717) is 0 Å². The first kappa shape index (κ1) is 19.0. The van der Waals surface area contributed by atoms with Gasteiger partial charge in [0.2, 0.25) is 0 Å². The van der Waals surface area contributed by atoms with Crippen LogP contribution in [-0.4, -0.2) is 40.8 Å². The molecular formula is C10H21F6NSi2. The van der Waals surface area contributed by atoms with Crippen LogP contribution in [0.4, 0.5) is 26.3 Å². The normalized spacial score (nSPS) is 14.5. The maximum absolute atomic E-state index is 12.3. The van der Waals surface area contributed by atoms with E-state index in [1.54, 1.807) is 13.6 Å². The molecule has 0 aliphatic carbocycles. The molecule has 1 nitrogen and oxygen atoms in total. The average Bonchev–Trinajstić information content (AvgIpc) is 2.20.